The molecule has 0 aliphatic rings. The van der Waals surface area contributed by atoms with Crippen LogP contribution in [0.2, 0.25) is 0 Å². The molecule has 0 heterocycles. The van der Waals surface area contributed by atoms with E-state index in [4.69, 9.17) is 14.2 Å². The van der Waals surface area contributed by atoms with E-state index < -0.39 is 40.1 Å². The molecular formula is C31H50N2O7. The van der Waals surface area contributed by atoms with E-state index in [-0.39, 0.29) is 25.7 Å². The number of esters is 3. The summed E-state index contributed by atoms with van der Waals surface area (Å²) >= 11 is 0. The highest BCUT2D eigenvalue weighted by atomic mass is 16.6. The zero-order valence-corrected chi connectivity index (χ0v) is 25.9. The second-order valence-corrected chi connectivity index (χ2v) is 12.2. The lowest BCUT2D eigenvalue weighted by Crippen LogP contribution is -2.48. The highest BCUT2D eigenvalue weighted by molar-refractivity contribution is 5.94. The van der Waals surface area contributed by atoms with Gasteiger partial charge in [-0.15, -0.1) is 0 Å². The van der Waals surface area contributed by atoms with Crippen molar-refractivity contribution in [3.05, 3.63) is 35.9 Å². The van der Waals surface area contributed by atoms with Crippen LogP contribution in [0.1, 0.15) is 73.3 Å². The summed E-state index contributed by atoms with van der Waals surface area (Å²) in [7, 11) is 3.99. The van der Waals surface area contributed by atoms with Gasteiger partial charge in [-0.25, -0.2) is 0 Å². The Morgan fingerprint density at radius 1 is 0.900 bits per heavy atom. The maximum Gasteiger partial charge on any atom is 0.320 e. The molecule has 0 radical (unpaired) electrons. The van der Waals surface area contributed by atoms with Gasteiger partial charge in [-0.3, -0.25) is 19.2 Å². The number of amides is 1. The summed E-state index contributed by atoms with van der Waals surface area (Å²) in [6, 6.07) is 9.16. The Labute approximate surface area is 240 Å². The molecule has 1 amide bonds. The number of hydrogen-bond acceptors (Lipinski definition) is 8. The summed E-state index contributed by atoms with van der Waals surface area (Å²) in [5.41, 5.74) is -1.33. The van der Waals surface area contributed by atoms with E-state index in [0.717, 1.165) is 18.5 Å². The molecule has 9 heteroatoms. The van der Waals surface area contributed by atoms with Gasteiger partial charge in [-0.05, 0) is 64.7 Å². The second kappa shape index (κ2) is 15.7. The van der Waals surface area contributed by atoms with Gasteiger partial charge in [-0.2, -0.15) is 0 Å². The minimum atomic E-state index is -1.10. The number of carbonyl (C=O) groups excluding carboxylic acids is 4. The minimum Gasteiger partial charge on any atom is -0.462 e. The van der Waals surface area contributed by atoms with E-state index >= 15 is 0 Å². The molecule has 1 aromatic rings. The van der Waals surface area contributed by atoms with E-state index in [2.05, 4.69) is 10.2 Å². The Morgan fingerprint density at radius 3 is 2.05 bits per heavy atom. The molecule has 226 valence electrons. The van der Waals surface area contributed by atoms with Gasteiger partial charge in [-0.1, -0.05) is 65.0 Å². The van der Waals surface area contributed by atoms with Crippen LogP contribution in [-0.2, 0) is 40.0 Å². The third-order valence-corrected chi connectivity index (χ3v) is 7.71. The predicted molar refractivity (Wildman–Crippen MR) is 154 cm³/mol. The molecule has 0 aliphatic carbocycles. The van der Waals surface area contributed by atoms with Crippen LogP contribution < -0.4 is 5.32 Å². The predicted octanol–water partition coefficient (Wildman–Crippen LogP) is 4.38. The molecule has 2 atom stereocenters. The lowest BCUT2D eigenvalue weighted by atomic mass is 9.59. The van der Waals surface area contributed by atoms with Crippen LogP contribution in [0.3, 0.4) is 0 Å². The standard InChI is InChI=1S/C31H50N2O7/c1-10-31(7,30(5,6)22-29(3,4)27(36)32-17-14-18-33(8)9)28(37)39-20-19-38-25(34)23(2)26(35)40-21-24-15-12-11-13-16-24/h11-13,15-16,23H,10,14,17-22H2,1-9H3,(H,32,36). The first kappa shape index (κ1) is 35.1. The van der Waals surface area contributed by atoms with Gasteiger partial charge >= 0.3 is 17.9 Å². The Bertz CT molecular complexity index is 975. The number of hydrogen-bond donors (Lipinski definition) is 1. The number of rotatable bonds is 17. The summed E-state index contributed by atoms with van der Waals surface area (Å²) in [6.07, 6.45) is 1.83. The lowest BCUT2D eigenvalue weighted by molar-refractivity contribution is -0.171. The average molecular weight is 563 g/mol. The zero-order chi connectivity index (χ0) is 30.6. The Hall–Kier alpha value is -2.94. The van der Waals surface area contributed by atoms with Gasteiger partial charge < -0.3 is 24.4 Å². The van der Waals surface area contributed by atoms with E-state index in [1.54, 1.807) is 0 Å². The van der Waals surface area contributed by atoms with Crippen molar-refractivity contribution in [2.45, 2.75) is 74.3 Å². The van der Waals surface area contributed by atoms with Crippen LogP contribution in [0.5, 0.6) is 0 Å². The van der Waals surface area contributed by atoms with Crippen molar-refractivity contribution in [3.63, 3.8) is 0 Å². The number of ether oxygens (including phenoxy) is 3. The van der Waals surface area contributed by atoms with E-state index in [0.29, 0.717) is 19.4 Å². The van der Waals surface area contributed by atoms with Crippen molar-refractivity contribution in [1.82, 2.24) is 10.2 Å². The fourth-order valence-electron chi connectivity index (χ4n) is 4.63. The number of carbonyl (C=O) groups is 4. The highest BCUT2D eigenvalue weighted by Gasteiger charge is 2.50. The van der Waals surface area contributed by atoms with Gasteiger partial charge in [0, 0.05) is 12.0 Å². The van der Waals surface area contributed by atoms with Crippen LogP contribution in [-0.4, -0.2) is 69.1 Å². The molecule has 0 saturated heterocycles. The smallest absolute Gasteiger partial charge is 0.320 e. The first-order chi connectivity index (χ1) is 18.6. The minimum absolute atomic E-state index is 0.0468. The topological polar surface area (TPSA) is 111 Å². The van der Waals surface area contributed by atoms with Crippen LogP contribution in [0, 0.1) is 22.2 Å². The molecule has 1 N–H and O–H groups in total. The first-order valence-corrected chi connectivity index (χ1v) is 14.0. The summed E-state index contributed by atoms with van der Waals surface area (Å²) in [5.74, 6) is -3.00. The molecule has 0 spiro atoms. The summed E-state index contributed by atoms with van der Waals surface area (Å²) in [6.45, 7) is 14.1. The van der Waals surface area contributed by atoms with Crippen LogP contribution in [0.25, 0.3) is 0 Å². The molecule has 0 aliphatic heterocycles. The van der Waals surface area contributed by atoms with E-state index in [1.165, 1.54) is 6.92 Å². The molecule has 9 nitrogen and oxygen atoms in total. The molecule has 0 bridgehead atoms. The number of benzene rings is 1. The molecule has 40 heavy (non-hydrogen) atoms. The Balaban J connectivity index is 2.60. The second-order valence-electron chi connectivity index (χ2n) is 12.2. The van der Waals surface area contributed by atoms with Crippen molar-refractivity contribution in [1.29, 1.82) is 0 Å². The monoisotopic (exact) mass is 562 g/mol. The van der Waals surface area contributed by atoms with Crippen LogP contribution in [0.15, 0.2) is 30.3 Å². The fraction of sp³-hybridized carbons (Fsp3) is 0.677. The van der Waals surface area contributed by atoms with Gasteiger partial charge in [0.2, 0.25) is 5.91 Å². The molecule has 0 aromatic heterocycles. The molecule has 1 aromatic carbocycles. The average Bonchev–Trinajstić information content (AvgIpc) is 2.90. The molecular weight excluding hydrogens is 512 g/mol. The fourth-order valence-corrected chi connectivity index (χ4v) is 4.63. The first-order valence-electron chi connectivity index (χ1n) is 14.0. The maximum absolute atomic E-state index is 13.2. The Morgan fingerprint density at radius 2 is 1.48 bits per heavy atom. The maximum atomic E-state index is 13.2. The largest absolute Gasteiger partial charge is 0.462 e. The summed E-state index contributed by atoms with van der Waals surface area (Å²) in [4.78, 5) is 52.7. The molecule has 0 fully saturated rings. The Kier molecular flexibility index (Phi) is 13.8. The summed E-state index contributed by atoms with van der Waals surface area (Å²) in [5, 5.41) is 3.02. The number of nitrogens with zero attached hydrogens (tertiary/aromatic N) is 1. The third kappa shape index (κ3) is 10.6. The summed E-state index contributed by atoms with van der Waals surface area (Å²) < 4.78 is 15.9. The SMILES string of the molecule is CCC(C)(C(=O)OCCOC(=O)C(C)C(=O)OCc1ccccc1)C(C)(C)CC(C)(C)C(=O)NCCCN(C)C. The number of nitrogens with one attached hydrogen (secondary N) is 1. The normalized spacial score (nSPS) is 14.2. The highest BCUT2D eigenvalue weighted by Crippen LogP contribution is 2.49. The quantitative estimate of drug-likeness (QED) is 0.129. The van der Waals surface area contributed by atoms with Gasteiger partial charge in [0.15, 0.2) is 5.92 Å². The molecule has 2 unspecified atom stereocenters. The van der Waals surface area contributed by atoms with Crippen LogP contribution in [0.4, 0.5) is 0 Å². The van der Waals surface area contributed by atoms with E-state index in [9.17, 15) is 19.2 Å². The van der Waals surface area contributed by atoms with Gasteiger partial charge in [0.05, 0.1) is 5.41 Å². The lowest BCUT2D eigenvalue weighted by Gasteiger charge is -2.45. The third-order valence-electron chi connectivity index (χ3n) is 7.71. The zero-order valence-electron chi connectivity index (χ0n) is 25.9. The van der Waals surface area contributed by atoms with Crippen molar-refractivity contribution >= 4 is 23.8 Å². The van der Waals surface area contributed by atoms with Gasteiger partial charge in [0.25, 0.3) is 0 Å². The van der Waals surface area contributed by atoms with Crippen molar-refractivity contribution in [2.75, 3.05) is 40.4 Å². The molecule has 0 saturated carbocycles. The van der Waals surface area contributed by atoms with Crippen molar-refractivity contribution < 1.29 is 33.4 Å². The van der Waals surface area contributed by atoms with Crippen LogP contribution >= 0.6 is 0 Å². The van der Waals surface area contributed by atoms with E-state index in [1.807, 2.05) is 86.0 Å². The molecule has 1 rings (SSSR count). The van der Waals surface area contributed by atoms with Gasteiger partial charge in [0.1, 0.15) is 19.8 Å². The van der Waals surface area contributed by atoms with Crippen molar-refractivity contribution in [3.8, 4) is 0 Å². The van der Waals surface area contributed by atoms with Crippen molar-refractivity contribution in [2.24, 2.45) is 22.2 Å².